The molecule has 1 aromatic carbocycles. The Bertz CT molecular complexity index is 758. The molecule has 0 fully saturated rings. The summed E-state index contributed by atoms with van der Waals surface area (Å²) < 4.78 is 1.83. The van der Waals surface area contributed by atoms with E-state index in [1.807, 2.05) is 16.8 Å². The molecule has 0 saturated carbocycles. The summed E-state index contributed by atoms with van der Waals surface area (Å²) in [4.78, 5) is 0. The van der Waals surface area contributed by atoms with Crippen LogP contribution < -0.4 is 0 Å². The van der Waals surface area contributed by atoms with Crippen LogP contribution in [0.5, 0.6) is 0 Å². The maximum Gasteiger partial charge on any atom is 0.212 e. The maximum atomic E-state index is 6.13. The smallest absolute Gasteiger partial charge is 0.187 e. The fourth-order valence-electron chi connectivity index (χ4n) is 2.81. The lowest BCUT2D eigenvalue weighted by atomic mass is 10.1. The van der Waals surface area contributed by atoms with Crippen LogP contribution in [-0.2, 0) is 0 Å². The fraction of sp³-hybridized carbons (Fsp3) is 0.500. The third-order valence-corrected chi connectivity index (χ3v) is 5.95. The monoisotopic (exact) mass is 396 g/mol. The molecule has 0 radical (unpaired) electrons. The molecule has 0 amide bonds. The third kappa shape index (κ3) is 4.78. The molecule has 4 nitrogen and oxygen atoms in total. The van der Waals surface area contributed by atoms with Crippen molar-refractivity contribution >= 4 is 40.7 Å². The number of fused-ring (bicyclic) bond motifs is 1. The predicted octanol–water partition coefficient (Wildman–Crippen LogP) is 6.31. The van der Waals surface area contributed by atoms with E-state index in [9.17, 15) is 0 Å². The molecule has 3 rings (SSSR count). The number of halogens is 2. The number of rotatable bonds is 8. The number of aromatic nitrogens is 3. The molecule has 134 valence electrons. The topological polar surface area (TPSA) is 43.1 Å². The van der Waals surface area contributed by atoms with Crippen LogP contribution >= 0.6 is 35.0 Å². The number of nitrogens with zero attached hydrogens (tertiary/aromatic N) is 4. The average Bonchev–Trinajstić information content (AvgIpc) is 3.03. The Hall–Kier alpha value is -1.04. The lowest BCUT2D eigenvalue weighted by molar-refractivity contribution is 0.613. The number of benzene rings is 1. The van der Waals surface area contributed by atoms with Crippen LogP contribution in [-0.4, -0.2) is 26.3 Å². The maximum absolute atomic E-state index is 6.13. The first-order valence-corrected chi connectivity index (χ1v) is 10.5. The molecule has 7 heteroatoms. The van der Waals surface area contributed by atoms with E-state index in [0.29, 0.717) is 15.9 Å². The minimum atomic E-state index is 0.510. The molecule has 0 N–H and O–H groups in total. The second-order valence-electron chi connectivity index (χ2n) is 6.22. The van der Waals surface area contributed by atoms with Crippen molar-refractivity contribution in [1.29, 1.82) is 0 Å². The van der Waals surface area contributed by atoms with Crippen molar-refractivity contribution in [2.45, 2.75) is 57.0 Å². The van der Waals surface area contributed by atoms with Crippen molar-refractivity contribution in [2.75, 3.05) is 5.75 Å². The molecular formula is C18H22Cl2N4S. The third-order valence-electron chi connectivity index (χ3n) is 4.22. The van der Waals surface area contributed by atoms with Crippen LogP contribution in [0.3, 0.4) is 0 Å². The Balaban J connectivity index is 1.68. The van der Waals surface area contributed by atoms with Gasteiger partial charge in [0.1, 0.15) is 0 Å². The van der Waals surface area contributed by atoms with Gasteiger partial charge in [0.2, 0.25) is 5.16 Å². The number of hydrogen-bond donors (Lipinski definition) is 0. The highest BCUT2D eigenvalue weighted by Crippen LogP contribution is 2.31. The van der Waals surface area contributed by atoms with E-state index in [-0.39, 0.29) is 0 Å². The summed E-state index contributed by atoms with van der Waals surface area (Å²) in [7, 11) is 0. The van der Waals surface area contributed by atoms with Gasteiger partial charge in [-0.15, -0.1) is 10.2 Å². The summed E-state index contributed by atoms with van der Waals surface area (Å²) in [6.07, 6.45) is 8.80. The largest absolute Gasteiger partial charge is 0.212 e. The molecule has 0 spiro atoms. The van der Waals surface area contributed by atoms with Crippen molar-refractivity contribution < 1.29 is 0 Å². The minimum Gasteiger partial charge on any atom is -0.187 e. The van der Waals surface area contributed by atoms with E-state index in [0.717, 1.165) is 22.9 Å². The average molecular weight is 397 g/mol. The molecule has 2 aromatic rings. The summed E-state index contributed by atoms with van der Waals surface area (Å²) in [5.41, 5.74) is 2.08. The Labute approximate surface area is 163 Å². The van der Waals surface area contributed by atoms with E-state index in [1.165, 1.54) is 44.2 Å². The van der Waals surface area contributed by atoms with Gasteiger partial charge < -0.3 is 0 Å². The lowest BCUT2D eigenvalue weighted by Crippen LogP contribution is -2.12. The molecule has 0 aliphatic carbocycles. The Morgan fingerprint density at radius 2 is 1.84 bits per heavy atom. The summed E-state index contributed by atoms with van der Waals surface area (Å²) in [5, 5.41) is 15.2. The van der Waals surface area contributed by atoms with E-state index in [2.05, 4.69) is 17.1 Å². The van der Waals surface area contributed by atoms with Crippen LogP contribution in [0.2, 0.25) is 10.0 Å². The van der Waals surface area contributed by atoms with Gasteiger partial charge in [0, 0.05) is 17.0 Å². The molecular weight excluding hydrogens is 375 g/mol. The molecule has 0 unspecified atom stereocenters. The van der Waals surface area contributed by atoms with Crippen LogP contribution in [0.4, 0.5) is 0 Å². The van der Waals surface area contributed by atoms with Crippen molar-refractivity contribution in [2.24, 2.45) is 5.10 Å². The van der Waals surface area contributed by atoms with Gasteiger partial charge >= 0.3 is 0 Å². The zero-order valence-corrected chi connectivity index (χ0v) is 16.7. The van der Waals surface area contributed by atoms with Gasteiger partial charge in [0.15, 0.2) is 5.82 Å². The van der Waals surface area contributed by atoms with Crippen LogP contribution in [0, 0.1) is 0 Å². The summed E-state index contributed by atoms with van der Waals surface area (Å²) in [6.45, 7) is 2.25. The van der Waals surface area contributed by atoms with Gasteiger partial charge in [0.05, 0.1) is 10.0 Å². The highest BCUT2D eigenvalue weighted by atomic mass is 35.5. The van der Waals surface area contributed by atoms with Crippen molar-refractivity contribution in [3.8, 4) is 11.4 Å². The molecule has 0 saturated heterocycles. The Morgan fingerprint density at radius 1 is 1.04 bits per heavy atom. The zero-order valence-electron chi connectivity index (χ0n) is 14.3. The quantitative estimate of drug-likeness (QED) is 0.490. The van der Waals surface area contributed by atoms with E-state index in [4.69, 9.17) is 28.3 Å². The normalized spacial score (nSPS) is 13.6. The predicted molar refractivity (Wildman–Crippen MR) is 107 cm³/mol. The van der Waals surface area contributed by atoms with Gasteiger partial charge in [-0.2, -0.15) is 9.78 Å². The van der Waals surface area contributed by atoms with Crippen LogP contribution in [0.15, 0.2) is 28.5 Å². The van der Waals surface area contributed by atoms with E-state index < -0.39 is 0 Å². The number of hydrogen-bond acceptors (Lipinski definition) is 4. The highest BCUT2D eigenvalue weighted by molar-refractivity contribution is 7.99. The molecule has 25 heavy (non-hydrogen) atoms. The van der Waals surface area contributed by atoms with Crippen LogP contribution in [0.25, 0.3) is 11.4 Å². The zero-order chi connectivity index (χ0) is 17.6. The van der Waals surface area contributed by atoms with E-state index >= 15 is 0 Å². The molecule has 1 aliphatic heterocycles. The van der Waals surface area contributed by atoms with Gasteiger partial charge in [-0.05, 0) is 31.0 Å². The van der Waals surface area contributed by atoms with Crippen molar-refractivity contribution in [3.63, 3.8) is 0 Å². The molecule has 1 aromatic heterocycles. The Morgan fingerprint density at radius 3 is 2.64 bits per heavy atom. The van der Waals surface area contributed by atoms with Crippen molar-refractivity contribution in [1.82, 2.24) is 14.9 Å². The summed E-state index contributed by atoms with van der Waals surface area (Å²) in [6, 6.07) is 5.48. The van der Waals surface area contributed by atoms with Gasteiger partial charge in [-0.3, -0.25) is 0 Å². The first-order chi connectivity index (χ1) is 12.2. The second-order valence-corrected chi connectivity index (χ2v) is 7.98. The van der Waals surface area contributed by atoms with Crippen LogP contribution in [0.1, 0.15) is 51.9 Å². The van der Waals surface area contributed by atoms with Crippen molar-refractivity contribution in [3.05, 3.63) is 28.2 Å². The number of unbranched alkanes of at least 4 members (excludes halogenated alkanes) is 5. The van der Waals surface area contributed by atoms with E-state index in [1.54, 1.807) is 17.8 Å². The first-order valence-electron chi connectivity index (χ1n) is 8.79. The lowest BCUT2D eigenvalue weighted by Gasteiger charge is -2.14. The van der Waals surface area contributed by atoms with Gasteiger partial charge in [-0.1, -0.05) is 74.0 Å². The fourth-order valence-corrected chi connectivity index (χ4v) is 3.95. The second kappa shape index (κ2) is 9.06. The highest BCUT2D eigenvalue weighted by Gasteiger charge is 2.20. The number of thioether (sulfide) groups is 1. The Kier molecular flexibility index (Phi) is 6.79. The molecule has 2 heterocycles. The molecule has 1 aliphatic rings. The van der Waals surface area contributed by atoms with Gasteiger partial charge in [0.25, 0.3) is 0 Å². The first kappa shape index (κ1) is 18.7. The summed E-state index contributed by atoms with van der Waals surface area (Å²) in [5.74, 6) is 1.61. The van der Waals surface area contributed by atoms with Gasteiger partial charge in [-0.25, -0.2) is 0 Å². The summed E-state index contributed by atoms with van der Waals surface area (Å²) >= 11 is 13.8. The SMILES string of the molecule is CCCCCCCCC1=Nn2c(nnc2-c2ccc(Cl)c(Cl)c2)SC1. The standard InChI is InChI=1S/C18H22Cl2N4S/c1-2-3-4-5-6-7-8-14-12-25-18-22-21-17(24(18)23-14)13-9-10-15(19)16(20)11-13/h9-11H,2-8,12H2,1H3. The molecule has 0 atom stereocenters. The molecule has 0 bridgehead atoms. The minimum absolute atomic E-state index is 0.510.